The molecule has 0 fully saturated rings. The molecule has 0 bridgehead atoms. The van der Waals surface area contributed by atoms with Gasteiger partial charge in [0.05, 0.1) is 12.1 Å². The fourth-order valence-corrected chi connectivity index (χ4v) is 3.42. The molecule has 7 heteroatoms. The Morgan fingerprint density at radius 3 is 2.58 bits per heavy atom. The Hall–Kier alpha value is -2.02. The second-order valence-electron chi connectivity index (χ2n) is 5.36. The second kappa shape index (κ2) is 6.84. The number of hydrogen-bond acceptors (Lipinski definition) is 4. The number of fused-ring (bicyclic) bond motifs is 1. The van der Waals surface area contributed by atoms with Gasteiger partial charge in [-0.1, -0.05) is 13.0 Å². The number of nitrogens with zero attached hydrogens (tertiary/aromatic N) is 3. The Morgan fingerprint density at radius 1 is 1.17 bits per heavy atom. The number of aliphatic imine (C=N–C) groups is 1. The lowest BCUT2D eigenvalue weighted by atomic mass is 10.2. The fraction of sp³-hybridized carbons (Fsp3) is 0.294. The Labute approximate surface area is 142 Å². The molecule has 1 aliphatic rings. The minimum Gasteiger partial charge on any atom is -0.321 e. The summed E-state index contributed by atoms with van der Waals surface area (Å²) in [6.45, 7) is 3.24. The molecule has 0 saturated heterocycles. The van der Waals surface area contributed by atoms with Gasteiger partial charge in [0, 0.05) is 24.0 Å². The number of hydrogen-bond donors (Lipinski definition) is 0. The molecule has 0 saturated carbocycles. The summed E-state index contributed by atoms with van der Waals surface area (Å²) in [6.07, 6.45) is -1.74. The first-order valence-corrected chi connectivity index (χ1v) is 8.41. The number of amidine groups is 1. The Kier molecular flexibility index (Phi) is 4.80. The molecule has 3 rings (SSSR count). The van der Waals surface area contributed by atoms with Crippen molar-refractivity contribution in [3.05, 3.63) is 53.7 Å². The van der Waals surface area contributed by atoms with Crippen LogP contribution >= 0.6 is 11.8 Å². The molecular formula is C17H16F3N3S. The highest BCUT2D eigenvalue weighted by Gasteiger charge is 2.30. The van der Waals surface area contributed by atoms with Crippen molar-refractivity contribution >= 4 is 22.6 Å². The molecule has 1 aromatic carbocycles. The molecule has 0 spiro atoms. The van der Waals surface area contributed by atoms with Gasteiger partial charge in [0.15, 0.2) is 5.17 Å². The standard InChI is InChI=1S/C17H16F3N3S/c1-2-10-23(14-7-5-13(6-8-14)17(18,19)20)16-22-11-12-4-3-9-21-15(12)24-16/h3-9H,2,10-11H2,1H3. The van der Waals surface area contributed by atoms with Crippen molar-refractivity contribution < 1.29 is 13.2 Å². The summed E-state index contributed by atoms with van der Waals surface area (Å²) < 4.78 is 38.2. The molecule has 0 unspecified atom stereocenters. The van der Waals surface area contributed by atoms with E-state index in [2.05, 4.69) is 9.98 Å². The lowest BCUT2D eigenvalue weighted by molar-refractivity contribution is -0.137. The summed E-state index contributed by atoms with van der Waals surface area (Å²) >= 11 is 1.45. The third-order valence-corrected chi connectivity index (χ3v) is 4.70. The smallest absolute Gasteiger partial charge is 0.321 e. The van der Waals surface area contributed by atoms with Crippen LogP contribution in [0.15, 0.2) is 52.6 Å². The van der Waals surface area contributed by atoms with Gasteiger partial charge in [-0.2, -0.15) is 13.2 Å². The number of aromatic nitrogens is 1. The predicted octanol–water partition coefficient (Wildman–Crippen LogP) is 4.98. The average molecular weight is 351 g/mol. The minimum atomic E-state index is -4.33. The molecule has 0 aliphatic carbocycles. The van der Waals surface area contributed by atoms with E-state index in [0.717, 1.165) is 34.3 Å². The van der Waals surface area contributed by atoms with E-state index in [0.29, 0.717) is 18.8 Å². The largest absolute Gasteiger partial charge is 0.416 e. The average Bonchev–Trinajstić information content (AvgIpc) is 2.59. The fourth-order valence-electron chi connectivity index (χ4n) is 2.44. The van der Waals surface area contributed by atoms with Crippen LogP contribution < -0.4 is 4.90 Å². The summed E-state index contributed by atoms with van der Waals surface area (Å²) in [7, 11) is 0. The van der Waals surface area contributed by atoms with E-state index in [4.69, 9.17) is 0 Å². The molecule has 0 amide bonds. The third-order valence-electron chi connectivity index (χ3n) is 3.61. The third kappa shape index (κ3) is 3.56. The summed E-state index contributed by atoms with van der Waals surface area (Å²) in [6, 6.07) is 9.07. The van der Waals surface area contributed by atoms with Crippen LogP contribution in [0.25, 0.3) is 0 Å². The van der Waals surface area contributed by atoms with Gasteiger partial charge in [-0.25, -0.2) is 4.98 Å². The molecule has 3 nitrogen and oxygen atoms in total. The maximum absolute atomic E-state index is 12.7. The number of benzene rings is 1. The summed E-state index contributed by atoms with van der Waals surface area (Å²) in [5.74, 6) is 0. The van der Waals surface area contributed by atoms with Crippen LogP contribution in [0.5, 0.6) is 0 Å². The summed E-state index contributed by atoms with van der Waals surface area (Å²) in [5.41, 5.74) is 1.12. The quantitative estimate of drug-likeness (QED) is 0.781. The maximum atomic E-state index is 12.7. The first-order chi connectivity index (χ1) is 11.5. The van der Waals surface area contributed by atoms with Gasteiger partial charge in [0.25, 0.3) is 0 Å². The van der Waals surface area contributed by atoms with Crippen LogP contribution in [-0.4, -0.2) is 16.7 Å². The molecule has 2 heterocycles. The zero-order chi connectivity index (χ0) is 17.2. The van der Waals surface area contributed by atoms with Gasteiger partial charge in [0.2, 0.25) is 0 Å². The Balaban J connectivity index is 1.87. The topological polar surface area (TPSA) is 28.5 Å². The molecule has 0 radical (unpaired) electrons. The van der Waals surface area contributed by atoms with E-state index < -0.39 is 11.7 Å². The number of rotatable bonds is 3. The SMILES string of the molecule is CCCN(C1=NCc2cccnc2S1)c1ccc(C(F)(F)F)cc1. The van der Waals surface area contributed by atoms with E-state index in [9.17, 15) is 13.2 Å². The number of halogens is 3. The van der Waals surface area contributed by atoms with Crippen molar-refractivity contribution in [3.63, 3.8) is 0 Å². The molecule has 2 aromatic rings. The number of pyridine rings is 1. The molecule has 1 aromatic heterocycles. The van der Waals surface area contributed by atoms with Crippen molar-refractivity contribution in [2.75, 3.05) is 11.4 Å². The molecule has 0 atom stereocenters. The Morgan fingerprint density at radius 2 is 1.92 bits per heavy atom. The summed E-state index contributed by atoms with van der Waals surface area (Å²) in [4.78, 5) is 10.9. The highest BCUT2D eigenvalue weighted by Crippen LogP contribution is 2.33. The van der Waals surface area contributed by atoms with Crippen molar-refractivity contribution in [1.82, 2.24) is 4.98 Å². The monoisotopic (exact) mass is 351 g/mol. The molecule has 1 aliphatic heterocycles. The highest BCUT2D eigenvalue weighted by atomic mass is 32.2. The van der Waals surface area contributed by atoms with Gasteiger partial charge in [-0.05, 0) is 48.5 Å². The first kappa shape index (κ1) is 16.8. The van der Waals surface area contributed by atoms with E-state index in [1.54, 1.807) is 6.20 Å². The molecule has 0 N–H and O–H groups in total. The van der Waals surface area contributed by atoms with Crippen LogP contribution in [-0.2, 0) is 12.7 Å². The zero-order valence-corrected chi connectivity index (χ0v) is 13.9. The predicted molar refractivity (Wildman–Crippen MR) is 90.3 cm³/mol. The maximum Gasteiger partial charge on any atom is 0.416 e. The second-order valence-corrected chi connectivity index (χ2v) is 6.32. The van der Waals surface area contributed by atoms with Gasteiger partial charge >= 0.3 is 6.18 Å². The summed E-state index contributed by atoms with van der Waals surface area (Å²) in [5, 5.41) is 1.67. The van der Waals surface area contributed by atoms with Crippen molar-refractivity contribution in [2.45, 2.75) is 31.1 Å². The van der Waals surface area contributed by atoms with Crippen LogP contribution in [0.3, 0.4) is 0 Å². The van der Waals surface area contributed by atoms with E-state index in [1.165, 1.54) is 23.9 Å². The van der Waals surface area contributed by atoms with Crippen molar-refractivity contribution in [2.24, 2.45) is 4.99 Å². The van der Waals surface area contributed by atoms with Gasteiger partial charge < -0.3 is 4.90 Å². The molecule has 126 valence electrons. The van der Waals surface area contributed by atoms with Crippen molar-refractivity contribution in [3.8, 4) is 0 Å². The van der Waals surface area contributed by atoms with Gasteiger partial charge in [-0.15, -0.1) is 0 Å². The number of alkyl halides is 3. The number of anilines is 1. The lowest BCUT2D eigenvalue weighted by Crippen LogP contribution is -2.31. The highest BCUT2D eigenvalue weighted by molar-refractivity contribution is 8.14. The Bertz CT molecular complexity index is 741. The van der Waals surface area contributed by atoms with Crippen molar-refractivity contribution in [1.29, 1.82) is 0 Å². The lowest BCUT2D eigenvalue weighted by Gasteiger charge is -2.27. The van der Waals surface area contributed by atoms with Crippen LogP contribution in [0.2, 0.25) is 0 Å². The first-order valence-electron chi connectivity index (χ1n) is 7.60. The van der Waals surface area contributed by atoms with Gasteiger partial charge in [0.1, 0.15) is 5.03 Å². The molecule has 24 heavy (non-hydrogen) atoms. The minimum absolute atomic E-state index is 0.534. The van der Waals surface area contributed by atoms with Crippen LogP contribution in [0, 0.1) is 0 Å². The van der Waals surface area contributed by atoms with E-state index >= 15 is 0 Å². The van der Waals surface area contributed by atoms with Crippen LogP contribution in [0.4, 0.5) is 18.9 Å². The van der Waals surface area contributed by atoms with Crippen LogP contribution in [0.1, 0.15) is 24.5 Å². The number of thioether (sulfide) groups is 1. The van der Waals surface area contributed by atoms with E-state index in [1.807, 2.05) is 24.0 Å². The van der Waals surface area contributed by atoms with E-state index in [-0.39, 0.29) is 0 Å². The zero-order valence-electron chi connectivity index (χ0n) is 13.0. The molecular weight excluding hydrogens is 335 g/mol. The van der Waals surface area contributed by atoms with Gasteiger partial charge in [-0.3, -0.25) is 4.99 Å². The normalized spacial score (nSPS) is 14.1.